The molecule has 0 spiro atoms. The maximum atomic E-state index is 12.6. The molecule has 136 valence electrons. The number of amides is 1. The number of carbonyl (C=O) groups excluding carboxylic acids is 1. The predicted octanol–water partition coefficient (Wildman–Crippen LogP) is 3.67. The van der Waals surface area contributed by atoms with Crippen molar-refractivity contribution in [1.82, 2.24) is 9.80 Å². The molecule has 1 amide bonds. The summed E-state index contributed by atoms with van der Waals surface area (Å²) in [5.41, 5.74) is 1.37. The van der Waals surface area contributed by atoms with Gasteiger partial charge in [-0.2, -0.15) is 0 Å². The summed E-state index contributed by atoms with van der Waals surface area (Å²) < 4.78 is 11.5. The highest BCUT2D eigenvalue weighted by Crippen LogP contribution is 2.34. The molecule has 1 heterocycles. The first-order valence-corrected chi connectivity index (χ1v) is 8.98. The Balaban J connectivity index is 2.23. The Morgan fingerprint density at radius 2 is 1.73 bits per heavy atom. The molecule has 2 aromatic carbocycles. The molecule has 0 N–H and O–H groups in total. The average molecular weight is 370 g/mol. The fourth-order valence-electron chi connectivity index (χ4n) is 3.01. The van der Waals surface area contributed by atoms with Gasteiger partial charge in [0.25, 0.3) is 5.91 Å². The van der Waals surface area contributed by atoms with Crippen LogP contribution in [-0.2, 0) is 4.79 Å². The van der Waals surface area contributed by atoms with E-state index in [1.54, 1.807) is 19.0 Å². The summed E-state index contributed by atoms with van der Waals surface area (Å²) in [5, 5.41) is 2.50. The monoisotopic (exact) mass is 370 g/mol. The van der Waals surface area contributed by atoms with Gasteiger partial charge in [-0.25, -0.2) is 0 Å². The number of ether oxygens (including phenoxy) is 2. The Morgan fingerprint density at radius 3 is 2.35 bits per heavy atom. The smallest absolute Gasteiger partial charge is 0.276 e. The molecule has 6 heteroatoms. The van der Waals surface area contributed by atoms with Gasteiger partial charge in [-0.1, -0.05) is 12.1 Å². The third kappa shape index (κ3) is 3.12. The minimum atomic E-state index is -0.127. The number of hydrogen-bond acceptors (Lipinski definition) is 4. The van der Waals surface area contributed by atoms with E-state index >= 15 is 0 Å². The largest absolute Gasteiger partial charge is 0.494 e. The van der Waals surface area contributed by atoms with Crippen LogP contribution < -0.4 is 9.47 Å². The van der Waals surface area contributed by atoms with Gasteiger partial charge in [0.05, 0.1) is 13.2 Å². The Bertz CT molecular complexity index is 902. The maximum absolute atomic E-state index is 12.6. The van der Waals surface area contributed by atoms with Crippen LogP contribution in [0, 0.1) is 0 Å². The maximum Gasteiger partial charge on any atom is 0.276 e. The van der Waals surface area contributed by atoms with Crippen molar-refractivity contribution in [3.63, 3.8) is 0 Å². The predicted molar refractivity (Wildman–Crippen MR) is 107 cm³/mol. The summed E-state index contributed by atoms with van der Waals surface area (Å²) >= 11 is 5.31. The van der Waals surface area contributed by atoms with E-state index in [1.165, 1.54) is 4.90 Å². The van der Waals surface area contributed by atoms with E-state index < -0.39 is 0 Å². The van der Waals surface area contributed by atoms with Gasteiger partial charge < -0.3 is 14.4 Å². The van der Waals surface area contributed by atoms with Crippen molar-refractivity contribution in [3.05, 3.63) is 41.6 Å². The Labute approximate surface area is 158 Å². The quantitative estimate of drug-likeness (QED) is 0.593. The van der Waals surface area contributed by atoms with Gasteiger partial charge in [-0.3, -0.25) is 9.69 Å². The van der Waals surface area contributed by atoms with Gasteiger partial charge in [-0.15, -0.1) is 0 Å². The molecule has 0 unspecified atom stereocenters. The van der Waals surface area contributed by atoms with Crippen LogP contribution in [0.3, 0.4) is 0 Å². The summed E-state index contributed by atoms with van der Waals surface area (Å²) in [6, 6.07) is 9.87. The van der Waals surface area contributed by atoms with Crippen molar-refractivity contribution in [1.29, 1.82) is 0 Å². The van der Waals surface area contributed by atoms with E-state index in [0.717, 1.165) is 27.8 Å². The van der Waals surface area contributed by atoms with Gasteiger partial charge >= 0.3 is 0 Å². The number of rotatable bonds is 5. The number of nitrogens with zero attached hydrogens (tertiary/aromatic N) is 2. The SMILES string of the molecule is CCOc1ccc2ccc(OCC)c(/C=C3\C(=O)N(C)C(=S)N3C)c2c1. The molecule has 2 aromatic rings. The average Bonchev–Trinajstić information content (AvgIpc) is 2.81. The third-order valence-electron chi connectivity index (χ3n) is 4.35. The molecule has 3 rings (SSSR count). The molecule has 0 radical (unpaired) electrons. The molecule has 0 atom stereocenters. The summed E-state index contributed by atoms with van der Waals surface area (Å²) in [4.78, 5) is 15.8. The lowest BCUT2D eigenvalue weighted by atomic mass is 10.0. The molecule has 1 fully saturated rings. The number of likely N-dealkylation sites (N-methyl/N-ethyl adjacent to an activating group) is 2. The topological polar surface area (TPSA) is 42.0 Å². The van der Waals surface area contributed by atoms with E-state index in [-0.39, 0.29) is 5.91 Å². The van der Waals surface area contributed by atoms with Gasteiger partial charge in [0, 0.05) is 19.7 Å². The van der Waals surface area contributed by atoms with E-state index in [9.17, 15) is 4.79 Å². The van der Waals surface area contributed by atoms with Crippen molar-refractivity contribution < 1.29 is 14.3 Å². The summed E-state index contributed by atoms with van der Waals surface area (Å²) in [6.45, 7) is 5.02. The van der Waals surface area contributed by atoms with Crippen LogP contribution in [0.2, 0.25) is 0 Å². The number of fused-ring (bicyclic) bond motifs is 1. The molecule has 0 aliphatic carbocycles. The zero-order chi connectivity index (χ0) is 18.8. The van der Waals surface area contributed by atoms with E-state index in [4.69, 9.17) is 21.7 Å². The van der Waals surface area contributed by atoms with Gasteiger partial charge in [0.1, 0.15) is 17.2 Å². The second-order valence-corrected chi connectivity index (χ2v) is 6.33. The molecular formula is C20H22N2O3S. The molecule has 1 aliphatic rings. The number of carbonyl (C=O) groups is 1. The van der Waals surface area contributed by atoms with Crippen LogP contribution in [-0.4, -0.2) is 48.1 Å². The van der Waals surface area contributed by atoms with E-state index in [1.807, 2.05) is 50.3 Å². The number of benzene rings is 2. The second kappa shape index (κ2) is 7.33. The molecular weight excluding hydrogens is 348 g/mol. The first-order valence-electron chi connectivity index (χ1n) is 8.57. The van der Waals surface area contributed by atoms with Crippen molar-refractivity contribution in [3.8, 4) is 11.5 Å². The highest BCUT2D eigenvalue weighted by molar-refractivity contribution is 7.80. The zero-order valence-electron chi connectivity index (χ0n) is 15.4. The number of hydrogen-bond donors (Lipinski definition) is 0. The Morgan fingerprint density at radius 1 is 1.04 bits per heavy atom. The van der Waals surface area contributed by atoms with Gasteiger partial charge in [0.15, 0.2) is 5.11 Å². The molecule has 1 saturated heterocycles. The van der Waals surface area contributed by atoms with Crippen LogP contribution in [0.15, 0.2) is 36.0 Å². The number of thiocarbonyl (C=S) groups is 1. The van der Waals surface area contributed by atoms with Crippen LogP contribution in [0.1, 0.15) is 19.4 Å². The lowest BCUT2D eigenvalue weighted by molar-refractivity contribution is -0.121. The van der Waals surface area contributed by atoms with Gasteiger partial charge in [0.2, 0.25) is 0 Å². The minimum absolute atomic E-state index is 0.127. The van der Waals surface area contributed by atoms with Crippen molar-refractivity contribution in [2.45, 2.75) is 13.8 Å². The van der Waals surface area contributed by atoms with Crippen LogP contribution in [0.5, 0.6) is 11.5 Å². The summed E-state index contributed by atoms with van der Waals surface area (Å²) in [5.74, 6) is 1.38. The highest BCUT2D eigenvalue weighted by Gasteiger charge is 2.33. The first-order chi connectivity index (χ1) is 12.5. The van der Waals surface area contributed by atoms with Crippen LogP contribution >= 0.6 is 12.2 Å². The van der Waals surface area contributed by atoms with Gasteiger partial charge in [-0.05, 0) is 61.1 Å². The third-order valence-corrected chi connectivity index (χ3v) is 4.89. The molecule has 0 bridgehead atoms. The van der Waals surface area contributed by atoms with Crippen LogP contribution in [0.25, 0.3) is 16.8 Å². The minimum Gasteiger partial charge on any atom is -0.494 e. The fourth-order valence-corrected chi connectivity index (χ4v) is 3.20. The molecule has 0 saturated carbocycles. The summed E-state index contributed by atoms with van der Waals surface area (Å²) in [6.07, 6.45) is 1.85. The van der Waals surface area contributed by atoms with Crippen LogP contribution in [0.4, 0.5) is 0 Å². The molecule has 0 aromatic heterocycles. The molecule has 5 nitrogen and oxygen atoms in total. The standard InChI is InChI=1S/C20H22N2O3S/c1-5-24-14-9-7-13-8-10-18(25-6-2)16(15(13)11-14)12-17-19(23)22(4)20(26)21(17)3/h7-12H,5-6H2,1-4H3/b17-12+. The van der Waals surface area contributed by atoms with Crippen molar-refractivity contribution >= 4 is 40.1 Å². The van der Waals surface area contributed by atoms with E-state index in [2.05, 4.69) is 0 Å². The van der Waals surface area contributed by atoms with Crippen molar-refractivity contribution in [2.75, 3.05) is 27.3 Å². The summed E-state index contributed by atoms with van der Waals surface area (Å²) in [7, 11) is 3.48. The Kier molecular flexibility index (Phi) is 5.13. The zero-order valence-corrected chi connectivity index (χ0v) is 16.2. The molecule has 26 heavy (non-hydrogen) atoms. The first kappa shape index (κ1) is 18.2. The normalized spacial score (nSPS) is 16.1. The second-order valence-electron chi connectivity index (χ2n) is 5.96. The lowest BCUT2D eigenvalue weighted by Gasteiger charge is -2.14. The van der Waals surface area contributed by atoms with Crippen molar-refractivity contribution in [2.24, 2.45) is 0 Å². The molecule has 1 aliphatic heterocycles. The Hall–Kier alpha value is -2.60. The van der Waals surface area contributed by atoms with E-state index in [0.29, 0.717) is 24.0 Å². The lowest BCUT2D eigenvalue weighted by Crippen LogP contribution is -2.26. The highest BCUT2D eigenvalue weighted by atomic mass is 32.1. The fraction of sp³-hybridized carbons (Fsp3) is 0.300.